The molecule has 1 N–H and O–H groups in total. The minimum absolute atomic E-state index is 0.0846. The number of fused-ring (bicyclic) bond motifs is 1. The lowest BCUT2D eigenvalue weighted by Gasteiger charge is -2.07. The fraction of sp³-hybridized carbons (Fsp3) is 0.273. The van der Waals surface area contributed by atoms with Gasteiger partial charge in [0, 0.05) is 17.5 Å². The Bertz CT molecular complexity index is 467. The summed E-state index contributed by atoms with van der Waals surface area (Å²) in [5.41, 5.74) is 0.702. The van der Waals surface area contributed by atoms with Crippen LogP contribution in [0.25, 0.3) is 0 Å². The van der Waals surface area contributed by atoms with E-state index in [1.165, 1.54) is 12.1 Å². The van der Waals surface area contributed by atoms with Crippen molar-refractivity contribution in [2.24, 2.45) is 0 Å². The molecule has 0 spiro atoms. The number of carbonyl (C=O) groups excluding carboxylic acids is 1. The predicted octanol–water partition coefficient (Wildman–Crippen LogP) is 1.42. The van der Waals surface area contributed by atoms with Crippen LogP contribution in [0.15, 0.2) is 12.1 Å². The number of carboxylic acid groups (broad SMARTS) is 1. The molecular weight excluding hydrogens is 215 g/mol. The summed E-state index contributed by atoms with van der Waals surface area (Å²) < 4.78 is 18.5. The molecule has 0 saturated heterocycles. The van der Waals surface area contributed by atoms with Gasteiger partial charge in [-0.3, -0.25) is 4.79 Å². The topological polar surface area (TPSA) is 63.6 Å². The largest absolute Gasteiger partial charge is 0.479 e. The average Bonchev–Trinajstić information content (AvgIpc) is 2.60. The molecule has 0 amide bonds. The molecular formula is C11H9FO4. The quantitative estimate of drug-likeness (QED) is 0.843. The van der Waals surface area contributed by atoms with Gasteiger partial charge in [0.15, 0.2) is 24.0 Å². The maximum Gasteiger partial charge on any atom is 0.341 e. The minimum atomic E-state index is -1.17. The smallest absolute Gasteiger partial charge is 0.341 e. The van der Waals surface area contributed by atoms with Gasteiger partial charge in [0.25, 0.3) is 0 Å². The van der Waals surface area contributed by atoms with Crippen LogP contribution in [0, 0.1) is 5.82 Å². The van der Waals surface area contributed by atoms with Gasteiger partial charge in [-0.25, -0.2) is 9.18 Å². The number of carbonyl (C=O) groups is 2. The lowest BCUT2D eigenvalue weighted by atomic mass is 10.1. The first kappa shape index (κ1) is 10.6. The highest BCUT2D eigenvalue weighted by Gasteiger charge is 2.25. The minimum Gasteiger partial charge on any atom is -0.479 e. The Balaban J connectivity index is 2.29. The lowest BCUT2D eigenvalue weighted by molar-refractivity contribution is -0.139. The van der Waals surface area contributed by atoms with Crippen LogP contribution in [0.2, 0.25) is 0 Å². The number of halogens is 1. The molecule has 0 heterocycles. The van der Waals surface area contributed by atoms with E-state index in [-0.39, 0.29) is 11.5 Å². The maximum atomic E-state index is 13.7. The standard InChI is InChI=1S/C11H9FO4/c12-11-7-1-3-8(13)6(7)2-4-9(11)16-5-10(14)15/h2,4H,1,3,5H2,(H,14,15). The Morgan fingerprint density at radius 1 is 1.44 bits per heavy atom. The number of hydrogen-bond donors (Lipinski definition) is 1. The zero-order chi connectivity index (χ0) is 11.7. The molecule has 0 fully saturated rings. The average molecular weight is 224 g/mol. The molecule has 1 aliphatic carbocycles. The summed E-state index contributed by atoms with van der Waals surface area (Å²) in [7, 11) is 0. The van der Waals surface area contributed by atoms with Gasteiger partial charge in [-0.1, -0.05) is 0 Å². The molecule has 16 heavy (non-hydrogen) atoms. The number of hydrogen-bond acceptors (Lipinski definition) is 3. The van der Waals surface area contributed by atoms with Crippen molar-refractivity contribution in [3.8, 4) is 5.75 Å². The molecule has 0 atom stereocenters. The molecule has 0 unspecified atom stereocenters. The Morgan fingerprint density at radius 3 is 2.88 bits per heavy atom. The summed E-state index contributed by atoms with van der Waals surface area (Å²) in [4.78, 5) is 21.6. The van der Waals surface area contributed by atoms with Gasteiger partial charge >= 0.3 is 5.97 Å². The Hall–Kier alpha value is -1.91. The second kappa shape index (κ2) is 3.92. The van der Waals surface area contributed by atoms with Crippen LogP contribution in [-0.2, 0) is 11.2 Å². The van der Waals surface area contributed by atoms with Crippen molar-refractivity contribution in [3.63, 3.8) is 0 Å². The zero-order valence-corrected chi connectivity index (χ0v) is 8.33. The summed E-state index contributed by atoms with van der Waals surface area (Å²) in [6.07, 6.45) is 0.652. The fourth-order valence-corrected chi connectivity index (χ4v) is 1.73. The van der Waals surface area contributed by atoms with Crippen molar-refractivity contribution in [1.82, 2.24) is 0 Å². The first-order valence-corrected chi connectivity index (χ1v) is 4.78. The summed E-state index contributed by atoms with van der Waals surface area (Å²) in [6, 6.07) is 2.77. The van der Waals surface area contributed by atoms with E-state index in [1.807, 2.05) is 0 Å². The summed E-state index contributed by atoms with van der Waals surface area (Å²) in [5, 5.41) is 8.40. The number of carboxylic acids is 1. The van der Waals surface area contributed by atoms with Crippen molar-refractivity contribution in [1.29, 1.82) is 0 Å². The van der Waals surface area contributed by atoms with Gasteiger partial charge in [0.2, 0.25) is 0 Å². The molecule has 4 nitrogen and oxygen atoms in total. The van der Waals surface area contributed by atoms with Crippen molar-refractivity contribution >= 4 is 11.8 Å². The number of rotatable bonds is 3. The maximum absolute atomic E-state index is 13.7. The highest BCUT2D eigenvalue weighted by Crippen LogP contribution is 2.30. The number of ketones is 1. The van der Waals surface area contributed by atoms with E-state index in [0.717, 1.165) is 0 Å². The number of ether oxygens (including phenoxy) is 1. The third-order valence-corrected chi connectivity index (χ3v) is 2.46. The second-order valence-electron chi connectivity index (χ2n) is 3.51. The van der Waals surface area contributed by atoms with Gasteiger partial charge in [-0.05, 0) is 18.6 Å². The molecule has 0 aliphatic heterocycles. The van der Waals surface area contributed by atoms with Crippen LogP contribution in [0.4, 0.5) is 4.39 Å². The molecule has 0 bridgehead atoms. The predicted molar refractivity (Wildman–Crippen MR) is 52.2 cm³/mol. The highest BCUT2D eigenvalue weighted by molar-refractivity contribution is 6.00. The van der Waals surface area contributed by atoms with Gasteiger partial charge < -0.3 is 9.84 Å². The molecule has 1 aromatic rings. The van der Waals surface area contributed by atoms with Crippen molar-refractivity contribution in [3.05, 3.63) is 29.1 Å². The highest BCUT2D eigenvalue weighted by atomic mass is 19.1. The molecule has 0 saturated carbocycles. The first-order valence-electron chi connectivity index (χ1n) is 4.78. The van der Waals surface area contributed by atoms with Crippen LogP contribution in [0.3, 0.4) is 0 Å². The fourth-order valence-electron chi connectivity index (χ4n) is 1.73. The molecule has 1 aromatic carbocycles. The SMILES string of the molecule is O=C(O)COc1ccc2c(c1F)CCC2=O. The van der Waals surface area contributed by atoms with Gasteiger partial charge in [0.05, 0.1) is 0 Å². The third-order valence-electron chi connectivity index (χ3n) is 2.46. The molecule has 2 rings (SSSR count). The van der Waals surface area contributed by atoms with Crippen LogP contribution in [0.1, 0.15) is 22.3 Å². The summed E-state index contributed by atoms with van der Waals surface area (Å²) >= 11 is 0. The van der Waals surface area contributed by atoms with E-state index in [1.54, 1.807) is 0 Å². The number of Topliss-reactive ketones (excluding diaryl/α,β-unsaturated/α-hetero) is 1. The van der Waals surface area contributed by atoms with Crippen molar-refractivity contribution < 1.29 is 23.8 Å². The molecule has 84 valence electrons. The second-order valence-corrected chi connectivity index (χ2v) is 3.51. The van der Waals surface area contributed by atoms with Gasteiger partial charge in [0.1, 0.15) is 0 Å². The first-order chi connectivity index (χ1) is 7.59. The summed E-state index contributed by atoms with van der Waals surface area (Å²) in [6.45, 7) is -0.594. The van der Waals surface area contributed by atoms with Crippen LogP contribution >= 0.6 is 0 Å². The van der Waals surface area contributed by atoms with E-state index < -0.39 is 18.4 Å². The van der Waals surface area contributed by atoms with Crippen LogP contribution in [-0.4, -0.2) is 23.5 Å². The van der Waals surface area contributed by atoms with E-state index in [4.69, 9.17) is 9.84 Å². The van der Waals surface area contributed by atoms with Crippen molar-refractivity contribution in [2.75, 3.05) is 6.61 Å². The van der Waals surface area contributed by atoms with E-state index >= 15 is 0 Å². The Labute approximate surface area is 90.6 Å². The van der Waals surface area contributed by atoms with Gasteiger partial charge in [-0.2, -0.15) is 0 Å². The number of benzene rings is 1. The molecule has 1 aliphatic rings. The number of aliphatic carboxylic acids is 1. The molecule has 0 aromatic heterocycles. The monoisotopic (exact) mass is 224 g/mol. The van der Waals surface area contributed by atoms with Gasteiger partial charge in [-0.15, -0.1) is 0 Å². The zero-order valence-electron chi connectivity index (χ0n) is 8.33. The van der Waals surface area contributed by atoms with E-state index in [0.29, 0.717) is 24.0 Å². The summed E-state index contributed by atoms with van der Waals surface area (Å²) in [5.74, 6) is -1.99. The van der Waals surface area contributed by atoms with Crippen LogP contribution < -0.4 is 4.74 Å². The van der Waals surface area contributed by atoms with Crippen molar-refractivity contribution in [2.45, 2.75) is 12.8 Å². The molecule has 5 heteroatoms. The normalized spacial score (nSPS) is 13.7. The molecule has 0 radical (unpaired) electrons. The Morgan fingerprint density at radius 2 is 2.19 bits per heavy atom. The van der Waals surface area contributed by atoms with E-state index in [9.17, 15) is 14.0 Å². The third kappa shape index (κ3) is 1.76. The van der Waals surface area contributed by atoms with E-state index in [2.05, 4.69) is 0 Å². The Kier molecular flexibility index (Phi) is 2.60. The van der Waals surface area contributed by atoms with Crippen LogP contribution in [0.5, 0.6) is 5.75 Å². The lowest BCUT2D eigenvalue weighted by Crippen LogP contribution is -2.11.